The van der Waals surface area contributed by atoms with Crippen molar-refractivity contribution in [3.05, 3.63) is 47.5 Å². The van der Waals surface area contributed by atoms with Crippen molar-refractivity contribution in [1.82, 2.24) is 0 Å². The summed E-state index contributed by atoms with van der Waals surface area (Å²) in [6.45, 7) is 1.13. The van der Waals surface area contributed by atoms with E-state index in [0.717, 1.165) is 0 Å². The van der Waals surface area contributed by atoms with Crippen molar-refractivity contribution in [2.45, 2.75) is 13.1 Å². The molecule has 4 N–H and O–H groups in total. The molecule has 0 bridgehead atoms. The molecule has 0 unspecified atom stereocenters. The van der Waals surface area contributed by atoms with Gasteiger partial charge in [-0.25, -0.2) is 0 Å². The molecule has 0 fully saturated rings. The van der Waals surface area contributed by atoms with E-state index in [2.05, 4.69) is 24.3 Å². The summed E-state index contributed by atoms with van der Waals surface area (Å²) in [5, 5.41) is 2.44. The molecule has 0 heterocycles. The van der Waals surface area contributed by atoms with Crippen molar-refractivity contribution >= 4 is 10.8 Å². The number of fused-ring (bicyclic) bond motifs is 1. The normalized spacial score (nSPS) is 10.7. The van der Waals surface area contributed by atoms with Crippen LogP contribution in [0.15, 0.2) is 36.4 Å². The maximum absolute atomic E-state index is 5.70. The van der Waals surface area contributed by atoms with Crippen LogP contribution in [0.2, 0.25) is 0 Å². The highest BCUT2D eigenvalue weighted by Crippen LogP contribution is 2.22. The Kier molecular flexibility index (Phi) is 2.48. The molecule has 2 rings (SSSR count). The molecule has 2 nitrogen and oxygen atoms in total. The lowest BCUT2D eigenvalue weighted by molar-refractivity contribution is 1.06. The Labute approximate surface area is 83.5 Å². The molecule has 0 aliphatic rings. The molecule has 2 aromatic carbocycles. The minimum absolute atomic E-state index is 0.564. The molecule has 0 aliphatic heterocycles. The molecule has 0 aliphatic carbocycles. The highest BCUT2D eigenvalue weighted by atomic mass is 14.5. The van der Waals surface area contributed by atoms with E-state index in [-0.39, 0.29) is 0 Å². The topological polar surface area (TPSA) is 52.0 Å². The summed E-state index contributed by atoms with van der Waals surface area (Å²) < 4.78 is 0. The SMILES string of the molecule is NCc1cccc2cccc(CN)c12. The predicted octanol–water partition coefficient (Wildman–Crippen LogP) is 1.76. The van der Waals surface area contributed by atoms with Crippen molar-refractivity contribution < 1.29 is 0 Å². The largest absolute Gasteiger partial charge is 0.326 e. The van der Waals surface area contributed by atoms with Gasteiger partial charge in [-0.3, -0.25) is 0 Å². The van der Waals surface area contributed by atoms with E-state index in [1.54, 1.807) is 0 Å². The van der Waals surface area contributed by atoms with Gasteiger partial charge in [0.2, 0.25) is 0 Å². The average Bonchev–Trinajstić information content (AvgIpc) is 2.27. The molecule has 0 saturated heterocycles. The Morgan fingerprint density at radius 1 is 0.786 bits per heavy atom. The minimum Gasteiger partial charge on any atom is -0.326 e. The molecule has 0 radical (unpaired) electrons. The predicted molar refractivity (Wildman–Crippen MR) is 59.7 cm³/mol. The smallest absolute Gasteiger partial charge is 0.0184 e. The maximum Gasteiger partial charge on any atom is 0.0184 e. The summed E-state index contributed by atoms with van der Waals surface area (Å²) in [6.07, 6.45) is 0. The Morgan fingerprint density at radius 2 is 1.29 bits per heavy atom. The number of nitrogens with two attached hydrogens (primary N) is 2. The molecule has 0 saturated carbocycles. The van der Waals surface area contributed by atoms with Gasteiger partial charge in [-0.05, 0) is 21.9 Å². The summed E-state index contributed by atoms with van der Waals surface area (Å²) in [5.41, 5.74) is 13.7. The van der Waals surface area contributed by atoms with E-state index in [4.69, 9.17) is 11.5 Å². The van der Waals surface area contributed by atoms with Gasteiger partial charge < -0.3 is 11.5 Å². The second kappa shape index (κ2) is 3.78. The molecule has 0 spiro atoms. The van der Waals surface area contributed by atoms with Crippen LogP contribution in [0.25, 0.3) is 10.8 Å². The van der Waals surface area contributed by atoms with Gasteiger partial charge in [0.05, 0.1) is 0 Å². The maximum atomic E-state index is 5.70. The molecule has 72 valence electrons. The molecule has 14 heavy (non-hydrogen) atoms. The molecular weight excluding hydrogens is 172 g/mol. The zero-order chi connectivity index (χ0) is 9.97. The quantitative estimate of drug-likeness (QED) is 0.750. The number of hydrogen-bond acceptors (Lipinski definition) is 2. The molecule has 0 aromatic heterocycles. The number of rotatable bonds is 2. The van der Waals surface area contributed by atoms with Crippen LogP contribution in [0.3, 0.4) is 0 Å². The summed E-state index contributed by atoms with van der Waals surface area (Å²) in [7, 11) is 0. The highest BCUT2D eigenvalue weighted by Gasteiger charge is 2.02. The monoisotopic (exact) mass is 186 g/mol. The van der Waals surface area contributed by atoms with Crippen LogP contribution in [0.5, 0.6) is 0 Å². The van der Waals surface area contributed by atoms with Crippen LogP contribution in [0.4, 0.5) is 0 Å². The van der Waals surface area contributed by atoms with Crippen molar-refractivity contribution in [3.8, 4) is 0 Å². The van der Waals surface area contributed by atoms with Crippen LogP contribution in [0.1, 0.15) is 11.1 Å². The Morgan fingerprint density at radius 3 is 1.71 bits per heavy atom. The lowest BCUT2D eigenvalue weighted by atomic mass is 9.99. The van der Waals surface area contributed by atoms with E-state index in [0.29, 0.717) is 13.1 Å². The third-order valence-electron chi connectivity index (χ3n) is 2.52. The first kappa shape index (κ1) is 9.19. The van der Waals surface area contributed by atoms with Crippen molar-refractivity contribution in [2.75, 3.05) is 0 Å². The molecule has 2 heteroatoms. The molecular formula is C12H14N2. The Hall–Kier alpha value is -1.38. The van der Waals surface area contributed by atoms with Gasteiger partial charge in [-0.15, -0.1) is 0 Å². The third-order valence-corrected chi connectivity index (χ3v) is 2.52. The van der Waals surface area contributed by atoms with Crippen molar-refractivity contribution in [2.24, 2.45) is 11.5 Å². The number of hydrogen-bond donors (Lipinski definition) is 2. The van der Waals surface area contributed by atoms with Gasteiger partial charge in [-0.1, -0.05) is 36.4 Å². The first-order chi connectivity index (χ1) is 6.86. The zero-order valence-electron chi connectivity index (χ0n) is 8.03. The van der Waals surface area contributed by atoms with Gasteiger partial charge in [-0.2, -0.15) is 0 Å². The standard InChI is InChI=1S/C12H14N2/c13-7-10-5-1-3-9-4-2-6-11(8-14)12(9)10/h1-6H,7-8,13-14H2. The first-order valence-corrected chi connectivity index (χ1v) is 4.76. The van der Waals surface area contributed by atoms with Gasteiger partial charge in [0.1, 0.15) is 0 Å². The van der Waals surface area contributed by atoms with Crippen molar-refractivity contribution in [3.63, 3.8) is 0 Å². The van der Waals surface area contributed by atoms with Gasteiger partial charge in [0.25, 0.3) is 0 Å². The van der Waals surface area contributed by atoms with Gasteiger partial charge >= 0.3 is 0 Å². The first-order valence-electron chi connectivity index (χ1n) is 4.76. The third kappa shape index (κ3) is 1.39. The minimum atomic E-state index is 0.564. The summed E-state index contributed by atoms with van der Waals surface area (Å²) in [4.78, 5) is 0. The lowest BCUT2D eigenvalue weighted by Crippen LogP contribution is -2.02. The molecule has 2 aromatic rings. The molecule has 0 amide bonds. The summed E-state index contributed by atoms with van der Waals surface area (Å²) in [5.74, 6) is 0. The summed E-state index contributed by atoms with van der Waals surface area (Å²) in [6, 6.07) is 12.4. The average molecular weight is 186 g/mol. The van der Waals surface area contributed by atoms with Crippen molar-refractivity contribution in [1.29, 1.82) is 0 Å². The second-order valence-electron chi connectivity index (χ2n) is 3.34. The Bertz CT molecular complexity index is 410. The summed E-state index contributed by atoms with van der Waals surface area (Å²) >= 11 is 0. The van der Waals surface area contributed by atoms with E-state index in [1.165, 1.54) is 21.9 Å². The second-order valence-corrected chi connectivity index (χ2v) is 3.34. The fraction of sp³-hybridized carbons (Fsp3) is 0.167. The van der Waals surface area contributed by atoms with E-state index >= 15 is 0 Å². The van der Waals surface area contributed by atoms with Crippen LogP contribution in [-0.4, -0.2) is 0 Å². The number of benzene rings is 2. The van der Waals surface area contributed by atoms with E-state index < -0.39 is 0 Å². The molecule has 0 atom stereocenters. The van der Waals surface area contributed by atoms with Gasteiger partial charge in [0.15, 0.2) is 0 Å². The van der Waals surface area contributed by atoms with Gasteiger partial charge in [0, 0.05) is 13.1 Å². The van der Waals surface area contributed by atoms with E-state index in [9.17, 15) is 0 Å². The lowest BCUT2D eigenvalue weighted by Gasteiger charge is -2.08. The zero-order valence-corrected chi connectivity index (χ0v) is 8.03. The highest BCUT2D eigenvalue weighted by molar-refractivity contribution is 5.88. The fourth-order valence-corrected chi connectivity index (χ4v) is 1.84. The van der Waals surface area contributed by atoms with Crippen LogP contribution < -0.4 is 11.5 Å². The van der Waals surface area contributed by atoms with Crippen LogP contribution >= 0.6 is 0 Å². The van der Waals surface area contributed by atoms with Crippen LogP contribution in [0, 0.1) is 0 Å². The fourth-order valence-electron chi connectivity index (χ4n) is 1.84. The van der Waals surface area contributed by atoms with Crippen LogP contribution in [-0.2, 0) is 13.1 Å². The Balaban J connectivity index is 2.81. The van der Waals surface area contributed by atoms with E-state index in [1.807, 2.05) is 12.1 Å².